The van der Waals surface area contributed by atoms with Crippen molar-refractivity contribution >= 4 is 64.0 Å². The zero-order valence-corrected chi connectivity index (χ0v) is 26.0. The topological polar surface area (TPSA) is 115 Å². The highest BCUT2D eigenvalue weighted by molar-refractivity contribution is 6.44. The molecule has 3 heterocycles. The summed E-state index contributed by atoms with van der Waals surface area (Å²) in [5, 5.41) is 0.599. The maximum atomic E-state index is 13.5. The fourth-order valence-electron chi connectivity index (χ4n) is 5.21. The number of halogens is 2. The molecule has 3 amide bonds. The smallest absolute Gasteiger partial charge is 0.425 e. The number of carbonyl (C=O) groups is 3. The SMILES string of the molecule is CC(C)(C)OC(=O)N(C(=O)OC(C)(C)C)c1ncnc2c(-c3cccc(Cl)c3Cl)cc(N3CC4(CCC4)CC3=O)nc12. The summed E-state index contributed by atoms with van der Waals surface area (Å²) in [6, 6.07) is 6.91. The average Bonchev–Trinajstić information content (AvgIpc) is 3.21. The first-order valence-electron chi connectivity index (χ1n) is 13.7. The molecule has 1 aliphatic heterocycles. The number of fused-ring (bicyclic) bond motifs is 1. The number of hydrogen-bond donors (Lipinski definition) is 0. The van der Waals surface area contributed by atoms with Gasteiger partial charge in [0.15, 0.2) is 5.82 Å². The van der Waals surface area contributed by atoms with E-state index >= 15 is 0 Å². The monoisotopic (exact) mass is 613 g/mol. The Labute approximate surface area is 254 Å². The number of benzene rings is 1. The minimum absolute atomic E-state index is 0.0563. The van der Waals surface area contributed by atoms with Gasteiger partial charge in [-0.05, 0) is 71.9 Å². The van der Waals surface area contributed by atoms with E-state index in [4.69, 9.17) is 37.7 Å². The summed E-state index contributed by atoms with van der Waals surface area (Å²) in [5.74, 6) is 0.112. The van der Waals surface area contributed by atoms with Crippen LogP contribution in [0.4, 0.5) is 21.2 Å². The molecule has 2 fully saturated rings. The number of anilines is 2. The molecule has 10 nitrogen and oxygen atoms in total. The van der Waals surface area contributed by atoms with Gasteiger partial charge in [0.1, 0.15) is 34.4 Å². The molecule has 222 valence electrons. The Hall–Kier alpha value is -3.50. The van der Waals surface area contributed by atoms with Gasteiger partial charge in [0.2, 0.25) is 5.91 Å². The van der Waals surface area contributed by atoms with Gasteiger partial charge >= 0.3 is 12.2 Å². The van der Waals surface area contributed by atoms with Gasteiger partial charge in [0, 0.05) is 24.1 Å². The summed E-state index contributed by atoms with van der Waals surface area (Å²) in [7, 11) is 0. The molecule has 2 aliphatic rings. The molecule has 0 radical (unpaired) electrons. The molecule has 0 atom stereocenters. The van der Waals surface area contributed by atoms with E-state index in [1.807, 2.05) is 0 Å². The van der Waals surface area contributed by atoms with Crippen LogP contribution >= 0.6 is 23.2 Å². The zero-order valence-electron chi connectivity index (χ0n) is 24.5. The molecule has 1 saturated carbocycles. The molecule has 1 saturated heterocycles. The molecule has 1 aliphatic carbocycles. The van der Waals surface area contributed by atoms with Crippen LogP contribution in [0.2, 0.25) is 10.0 Å². The molecule has 1 aromatic carbocycles. The van der Waals surface area contributed by atoms with Crippen molar-refractivity contribution in [3.8, 4) is 11.1 Å². The van der Waals surface area contributed by atoms with Gasteiger partial charge in [0.25, 0.3) is 0 Å². The van der Waals surface area contributed by atoms with E-state index in [1.165, 1.54) is 6.33 Å². The van der Waals surface area contributed by atoms with Crippen LogP contribution < -0.4 is 9.80 Å². The summed E-state index contributed by atoms with van der Waals surface area (Å²) in [6.07, 6.45) is 2.65. The number of pyridine rings is 1. The number of imide groups is 1. The first-order chi connectivity index (χ1) is 19.6. The second-order valence-electron chi connectivity index (χ2n) is 12.8. The van der Waals surface area contributed by atoms with Crippen molar-refractivity contribution in [1.29, 1.82) is 0 Å². The summed E-state index contributed by atoms with van der Waals surface area (Å²) < 4.78 is 11.2. The number of hydrogen-bond acceptors (Lipinski definition) is 8. The van der Waals surface area contributed by atoms with Gasteiger partial charge in [-0.15, -0.1) is 0 Å². The highest BCUT2D eigenvalue weighted by Crippen LogP contribution is 2.50. The van der Waals surface area contributed by atoms with E-state index in [0.717, 1.165) is 19.3 Å². The van der Waals surface area contributed by atoms with Crippen LogP contribution in [0.25, 0.3) is 22.2 Å². The second-order valence-corrected chi connectivity index (χ2v) is 13.6. The third-order valence-corrected chi connectivity index (χ3v) is 7.99. The fraction of sp³-hybridized carbons (Fsp3) is 0.467. The summed E-state index contributed by atoms with van der Waals surface area (Å²) >= 11 is 13.0. The van der Waals surface area contributed by atoms with Gasteiger partial charge in [-0.3, -0.25) is 9.69 Å². The van der Waals surface area contributed by atoms with Crippen molar-refractivity contribution in [3.05, 3.63) is 40.6 Å². The molecule has 0 N–H and O–H groups in total. The molecular formula is C30H33Cl2N5O5. The Morgan fingerprint density at radius 2 is 1.60 bits per heavy atom. The number of ether oxygens (including phenoxy) is 2. The van der Waals surface area contributed by atoms with E-state index in [0.29, 0.717) is 39.8 Å². The Morgan fingerprint density at radius 3 is 2.14 bits per heavy atom. The molecule has 0 bridgehead atoms. The molecule has 12 heteroatoms. The van der Waals surface area contributed by atoms with E-state index < -0.39 is 23.4 Å². The fourth-order valence-corrected chi connectivity index (χ4v) is 5.61. The normalized spacial score (nSPS) is 16.5. The summed E-state index contributed by atoms with van der Waals surface area (Å²) in [6.45, 7) is 10.6. The Kier molecular flexibility index (Phi) is 7.60. The van der Waals surface area contributed by atoms with Crippen molar-refractivity contribution in [2.75, 3.05) is 16.3 Å². The third-order valence-electron chi connectivity index (χ3n) is 7.18. The van der Waals surface area contributed by atoms with Crippen LogP contribution in [0.5, 0.6) is 0 Å². The minimum atomic E-state index is -1.00. The quantitative estimate of drug-likeness (QED) is 0.297. The number of amides is 3. The lowest BCUT2D eigenvalue weighted by atomic mass is 9.68. The van der Waals surface area contributed by atoms with Gasteiger partial charge < -0.3 is 9.47 Å². The average molecular weight is 615 g/mol. The highest BCUT2D eigenvalue weighted by Gasteiger charge is 2.48. The van der Waals surface area contributed by atoms with Crippen molar-refractivity contribution in [2.45, 2.75) is 78.4 Å². The van der Waals surface area contributed by atoms with E-state index in [2.05, 4.69) is 9.97 Å². The third kappa shape index (κ3) is 5.87. The van der Waals surface area contributed by atoms with Gasteiger partial charge in [0.05, 0.1) is 10.0 Å². The Morgan fingerprint density at radius 1 is 0.952 bits per heavy atom. The minimum Gasteiger partial charge on any atom is -0.443 e. The predicted octanol–water partition coefficient (Wildman–Crippen LogP) is 7.58. The lowest BCUT2D eigenvalue weighted by Gasteiger charge is -2.37. The summed E-state index contributed by atoms with van der Waals surface area (Å²) in [5.41, 5.74) is -0.531. The number of nitrogens with zero attached hydrogens (tertiary/aromatic N) is 5. The lowest BCUT2D eigenvalue weighted by molar-refractivity contribution is -0.118. The van der Waals surface area contributed by atoms with Crippen molar-refractivity contribution in [3.63, 3.8) is 0 Å². The highest BCUT2D eigenvalue weighted by atomic mass is 35.5. The van der Waals surface area contributed by atoms with E-state index in [9.17, 15) is 14.4 Å². The molecule has 2 aromatic heterocycles. The van der Waals surface area contributed by atoms with Gasteiger partial charge in [-0.2, -0.15) is 4.90 Å². The molecule has 42 heavy (non-hydrogen) atoms. The van der Waals surface area contributed by atoms with Crippen LogP contribution in [0.1, 0.15) is 67.2 Å². The van der Waals surface area contributed by atoms with Gasteiger partial charge in [-0.25, -0.2) is 24.5 Å². The maximum absolute atomic E-state index is 13.5. The molecule has 0 unspecified atom stereocenters. The van der Waals surface area contributed by atoms with Crippen molar-refractivity contribution in [1.82, 2.24) is 15.0 Å². The van der Waals surface area contributed by atoms with E-state index in [-0.39, 0.29) is 33.2 Å². The van der Waals surface area contributed by atoms with Gasteiger partial charge in [-0.1, -0.05) is 41.8 Å². The zero-order chi connectivity index (χ0) is 30.6. The second kappa shape index (κ2) is 10.6. The number of rotatable bonds is 3. The van der Waals surface area contributed by atoms with Crippen LogP contribution in [-0.2, 0) is 14.3 Å². The molecule has 5 rings (SSSR count). The first-order valence-corrected chi connectivity index (χ1v) is 14.5. The molecule has 1 spiro atoms. The van der Waals surface area contributed by atoms with Crippen molar-refractivity contribution in [2.24, 2.45) is 5.41 Å². The number of carbonyl (C=O) groups excluding carboxylic acids is 3. The standard InChI is InChI=1S/C30H33Cl2N5O5/c1-28(2,3)41-26(39)37(27(40)42-29(4,5)6)25-24-23(33-16-34-25)18(17-9-7-10-19(31)22(17)32)13-20(35-24)36-15-30(11-8-12-30)14-21(36)38/h7,9-10,13,16H,8,11-12,14-15H2,1-6H3. The molecule has 3 aromatic rings. The molecular weight excluding hydrogens is 581 g/mol. The van der Waals surface area contributed by atoms with Crippen molar-refractivity contribution < 1.29 is 23.9 Å². The maximum Gasteiger partial charge on any atom is 0.425 e. The first kappa shape index (κ1) is 30.0. The van der Waals surface area contributed by atoms with E-state index in [1.54, 1.807) is 70.7 Å². The lowest BCUT2D eigenvalue weighted by Crippen LogP contribution is -2.44. The number of aromatic nitrogens is 3. The van der Waals surface area contributed by atoms with Crippen LogP contribution in [0.3, 0.4) is 0 Å². The van der Waals surface area contributed by atoms with Crippen LogP contribution in [0.15, 0.2) is 30.6 Å². The van der Waals surface area contributed by atoms with Crippen LogP contribution in [-0.4, -0.2) is 50.8 Å². The Bertz CT molecular complexity index is 1570. The van der Waals surface area contributed by atoms with Crippen LogP contribution in [0, 0.1) is 5.41 Å². The predicted molar refractivity (Wildman–Crippen MR) is 161 cm³/mol. The Balaban J connectivity index is 1.76. The summed E-state index contributed by atoms with van der Waals surface area (Å²) in [4.78, 5) is 56.3. The largest absolute Gasteiger partial charge is 0.443 e.